The van der Waals surface area contributed by atoms with Crippen LogP contribution in [0.5, 0.6) is 5.75 Å². The lowest BCUT2D eigenvalue weighted by molar-refractivity contribution is -0.901. The Kier molecular flexibility index (Phi) is 6.29. The first-order valence-electron chi connectivity index (χ1n) is 9.49. The third-order valence-electron chi connectivity index (χ3n) is 5.10. The zero-order valence-corrected chi connectivity index (χ0v) is 15.8. The van der Waals surface area contributed by atoms with Crippen LogP contribution in [0.1, 0.15) is 35.1 Å². The van der Waals surface area contributed by atoms with Gasteiger partial charge in [-0.2, -0.15) is 0 Å². The summed E-state index contributed by atoms with van der Waals surface area (Å²) in [6, 6.07) is 14.4. The number of ether oxygens (including phenoxy) is 1. The minimum absolute atomic E-state index is 0.0469. The van der Waals surface area contributed by atoms with Gasteiger partial charge in [-0.25, -0.2) is 0 Å². The summed E-state index contributed by atoms with van der Waals surface area (Å²) in [4.78, 5) is 13.9. The molecule has 1 aliphatic heterocycles. The van der Waals surface area contributed by atoms with E-state index in [0.717, 1.165) is 23.4 Å². The molecule has 0 unspecified atom stereocenters. The number of aryl methyl sites for hydroxylation is 2. The molecule has 0 radical (unpaired) electrons. The molecule has 4 nitrogen and oxygen atoms in total. The number of rotatable bonds is 7. The average molecular weight is 353 g/mol. The highest BCUT2D eigenvalue weighted by Gasteiger charge is 2.17. The Morgan fingerprint density at radius 2 is 1.65 bits per heavy atom. The van der Waals surface area contributed by atoms with Crippen LogP contribution in [0.4, 0.5) is 0 Å². The normalized spacial score (nSPS) is 14.4. The van der Waals surface area contributed by atoms with Crippen LogP contribution < -0.4 is 15.0 Å². The first kappa shape index (κ1) is 18.5. The van der Waals surface area contributed by atoms with E-state index in [-0.39, 0.29) is 12.5 Å². The molecule has 0 atom stereocenters. The average Bonchev–Trinajstić information content (AvgIpc) is 3.13. The molecule has 1 fully saturated rings. The number of carbonyl (C=O) groups is 1. The summed E-state index contributed by atoms with van der Waals surface area (Å²) in [7, 11) is 0. The zero-order chi connectivity index (χ0) is 18.4. The predicted molar refractivity (Wildman–Crippen MR) is 103 cm³/mol. The maximum Gasteiger partial charge on any atom is 0.258 e. The molecular formula is C22H29N2O2+. The Bertz CT molecular complexity index is 731. The number of quaternary nitrogens is 1. The van der Waals surface area contributed by atoms with Crippen molar-refractivity contribution < 1.29 is 14.4 Å². The number of nitrogens with one attached hydrogen (secondary N) is 2. The van der Waals surface area contributed by atoms with Crippen LogP contribution in [0.3, 0.4) is 0 Å². The van der Waals surface area contributed by atoms with Crippen molar-refractivity contribution in [2.75, 3.05) is 19.7 Å². The summed E-state index contributed by atoms with van der Waals surface area (Å²) in [5.74, 6) is 0.719. The van der Waals surface area contributed by atoms with E-state index in [1.54, 1.807) is 4.90 Å². The second kappa shape index (κ2) is 8.86. The van der Waals surface area contributed by atoms with Gasteiger partial charge in [0.2, 0.25) is 0 Å². The largest absolute Gasteiger partial charge is 0.483 e. The minimum Gasteiger partial charge on any atom is -0.483 e. The molecule has 0 bridgehead atoms. The van der Waals surface area contributed by atoms with E-state index in [1.165, 1.54) is 37.1 Å². The smallest absolute Gasteiger partial charge is 0.258 e. The van der Waals surface area contributed by atoms with Gasteiger partial charge in [0.15, 0.2) is 6.61 Å². The second-order valence-corrected chi connectivity index (χ2v) is 7.19. The third kappa shape index (κ3) is 4.85. The fourth-order valence-corrected chi connectivity index (χ4v) is 3.63. The SMILES string of the molecule is Cc1cccc(C)c1OCC(=O)NCc1ccccc1C[NH+]1CCCC1. The van der Waals surface area contributed by atoms with E-state index < -0.39 is 0 Å². The Labute approximate surface area is 156 Å². The maximum absolute atomic E-state index is 12.2. The van der Waals surface area contributed by atoms with Gasteiger partial charge in [-0.15, -0.1) is 0 Å². The second-order valence-electron chi connectivity index (χ2n) is 7.19. The third-order valence-corrected chi connectivity index (χ3v) is 5.10. The number of benzene rings is 2. The van der Waals surface area contributed by atoms with Crippen LogP contribution >= 0.6 is 0 Å². The maximum atomic E-state index is 12.2. The van der Waals surface area contributed by atoms with E-state index in [0.29, 0.717) is 6.54 Å². The predicted octanol–water partition coefficient (Wildman–Crippen LogP) is 2.18. The summed E-state index contributed by atoms with van der Waals surface area (Å²) in [6.45, 7) is 8.15. The Hall–Kier alpha value is -2.33. The van der Waals surface area contributed by atoms with Crippen LogP contribution in [0.25, 0.3) is 0 Å². The standard InChI is InChI=1S/C22H28N2O2/c1-17-8-7-9-18(2)22(17)26-16-21(25)23-14-19-10-3-4-11-20(19)15-24-12-5-6-13-24/h3-4,7-11H,5-6,12-16H2,1-2H3,(H,23,25)/p+1. The topological polar surface area (TPSA) is 42.8 Å². The van der Waals surface area contributed by atoms with Crippen LogP contribution in [0.15, 0.2) is 42.5 Å². The molecule has 2 N–H and O–H groups in total. The van der Waals surface area contributed by atoms with Crippen molar-refractivity contribution in [3.8, 4) is 5.75 Å². The van der Waals surface area contributed by atoms with E-state index in [4.69, 9.17) is 4.74 Å². The monoisotopic (exact) mass is 353 g/mol. The number of hydrogen-bond donors (Lipinski definition) is 2. The first-order chi connectivity index (χ1) is 12.6. The van der Waals surface area contributed by atoms with E-state index in [9.17, 15) is 4.79 Å². The lowest BCUT2D eigenvalue weighted by atomic mass is 10.1. The van der Waals surface area contributed by atoms with Crippen molar-refractivity contribution in [1.29, 1.82) is 0 Å². The number of likely N-dealkylation sites (tertiary alicyclic amines) is 1. The highest BCUT2D eigenvalue weighted by atomic mass is 16.5. The Morgan fingerprint density at radius 1 is 1.00 bits per heavy atom. The molecular weight excluding hydrogens is 324 g/mol. The number of para-hydroxylation sites is 1. The van der Waals surface area contributed by atoms with Crippen LogP contribution in [-0.4, -0.2) is 25.6 Å². The molecule has 1 amide bonds. The first-order valence-corrected chi connectivity index (χ1v) is 9.49. The van der Waals surface area contributed by atoms with Gasteiger partial charge < -0.3 is 15.0 Å². The Balaban J connectivity index is 1.53. The molecule has 0 aromatic heterocycles. The molecule has 26 heavy (non-hydrogen) atoms. The molecule has 4 heteroatoms. The number of hydrogen-bond acceptors (Lipinski definition) is 2. The number of carbonyl (C=O) groups excluding carboxylic acids is 1. The molecule has 2 aromatic rings. The van der Waals surface area contributed by atoms with Gasteiger partial charge in [-0.3, -0.25) is 4.79 Å². The highest BCUT2D eigenvalue weighted by Crippen LogP contribution is 2.22. The van der Waals surface area contributed by atoms with Crippen LogP contribution in [0, 0.1) is 13.8 Å². The van der Waals surface area contributed by atoms with Crippen molar-refractivity contribution >= 4 is 5.91 Å². The molecule has 1 saturated heterocycles. The van der Waals surface area contributed by atoms with E-state index in [1.807, 2.05) is 38.1 Å². The molecule has 2 aromatic carbocycles. The van der Waals surface area contributed by atoms with E-state index in [2.05, 4.69) is 23.5 Å². The van der Waals surface area contributed by atoms with Gasteiger partial charge >= 0.3 is 0 Å². The van der Waals surface area contributed by atoms with Gasteiger partial charge in [0.1, 0.15) is 12.3 Å². The summed E-state index contributed by atoms with van der Waals surface area (Å²) >= 11 is 0. The molecule has 0 spiro atoms. The van der Waals surface area contributed by atoms with Crippen molar-refractivity contribution in [2.24, 2.45) is 0 Å². The fourth-order valence-electron chi connectivity index (χ4n) is 3.63. The summed E-state index contributed by atoms with van der Waals surface area (Å²) < 4.78 is 5.74. The molecule has 0 aliphatic carbocycles. The van der Waals surface area contributed by atoms with Crippen molar-refractivity contribution in [2.45, 2.75) is 39.8 Å². The van der Waals surface area contributed by atoms with Gasteiger partial charge in [0, 0.05) is 24.9 Å². The van der Waals surface area contributed by atoms with Crippen molar-refractivity contribution in [1.82, 2.24) is 5.32 Å². The number of amides is 1. The van der Waals surface area contributed by atoms with Gasteiger partial charge in [0.25, 0.3) is 5.91 Å². The molecule has 138 valence electrons. The lowest BCUT2D eigenvalue weighted by Gasteiger charge is -2.16. The quantitative estimate of drug-likeness (QED) is 0.801. The van der Waals surface area contributed by atoms with Crippen LogP contribution in [-0.2, 0) is 17.9 Å². The lowest BCUT2D eigenvalue weighted by Crippen LogP contribution is -3.08. The highest BCUT2D eigenvalue weighted by molar-refractivity contribution is 5.77. The summed E-state index contributed by atoms with van der Waals surface area (Å²) in [5, 5.41) is 3.00. The fraction of sp³-hybridized carbons (Fsp3) is 0.409. The minimum atomic E-state index is -0.0871. The van der Waals surface area contributed by atoms with Gasteiger partial charge in [-0.05, 0) is 30.5 Å². The Morgan fingerprint density at radius 3 is 2.35 bits per heavy atom. The molecule has 1 heterocycles. The van der Waals surface area contributed by atoms with Gasteiger partial charge in [0.05, 0.1) is 13.1 Å². The zero-order valence-electron chi connectivity index (χ0n) is 15.8. The summed E-state index contributed by atoms with van der Waals surface area (Å²) in [6.07, 6.45) is 2.65. The van der Waals surface area contributed by atoms with Gasteiger partial charge in [-0.1, -0.05) is 42.5 Å². The molecule has 1 aliphatic rings. The van der Waals surface area contributed by atoms with E-state index >= 15 is 0 Å². The van der Waals surface area contributed by atoms with Crippen molar-refractivity contribution in [3.05, 3.63) is 64.7 Å². The molecule has 0 saturated carbocycles. The van der Waals surface area contributed by atoms with Crippen LogP contribution in [0.2, 0.25) is 0 Å². The summed E-state index contributed by atoms with van der Waals surface area (Å²) in [5.41, 5.74) is 4.64. The molecule has 3 rings (SSSR count). The van der Waals surface area contributed by atoms with Crippen molar-refractivity contribution in [3.63, 3.8) is 0 Å².